The Bertz CT molecular complexity index is 415. The minimum atomic E-state index is 0.203. The zero-order valence-electron chi connectivity index (χ0n) is 11.3. The highest BCUT2D eigenvalue weighted by molar-refractivity contribution is 5.32. The molecule has 3 unspecified atom stereocenters. The van der Waals surface area contributed by atoms with Gasteiger partial charge in [-0.15, -0.1) is 0 Å². The molecule has 1 heterocycles. The Kier molecular flexibility index (Phi) is 3.40. The van der Waals surface area contributed by atoms with Crippen LogP contribution in [0.25, 0.3) is 0 Å². The minimum Gasteiger partial charge on any atom is -0.323 e. The summed E-state index contributed by atoms with van der Waals surface area (Å²) >= 11 is 0. The van der Waals surface area contributed by atoms with Crippen molar-refractivity contribution in [2.24, 2.45) is 11.7 Å². The Labute approximate surface area is 110 Å². The summed E-state index contributed by atoms with van der Waals surface area (Å²) in [5.41, 5.74) is 9.43. The van der Waals surface area contributed by atoms with Crippen molar-refractivity contribution in [1.82, 2.24) is 4.90 Å². The number of aryl methyl sites for hydroxylation is 1. The summed E-state index contributed by atoms with van der Waals surface area (Å²) in [6.07, 6.45) is 5.07. The lowest BCUT2D eigenvalue weighted by molar-refractivity contribution is 0.195. The maximum atomic E-state index is 6.57. The van der Waals surface area contributed by atoms with Gasteiger partial charge in [0.2, 0.25) is 0 Å². The Morgan fingerprint density at radius 3 is 2.83 bits per heavy atom. The normalized spacial score (nSPS) is 33.1. The highest BCUT2D eigenvalue weighted by Crippen LogP contribution is 2.32. The topological polar surface area (TPSA) is 29.3 Å². The summed E-state index contributed by atoms with van der Waals surface area (Å²) in [4.78, 5) is 2.64. The zero-order chi connectivity index (χ0) is 12.5. The number of nitrogens with zero attached hydrogens (tertiary/aromatic N) is 1. The van der Waals surface area contributed by atoms with Gasteiger partial charge in [0.05, 0.1) is 0 Å². The fourth-order valence-corrected chi connectivity index (χ4v) is 3.66. The number of likely N-dealkylation sites (tertiary alicyclic amines) is 1. The molecule has 1 saturated heterocycles. The van der Waals surface area contributed by atoms with Gasteiger partial charge in [-0.25, -0.2) is 0 Å². The molecular weight excluding hydrogens is 220 g/mol. The standard InChI is InChI=1S/C16H24N2/c1-12-9-10-18(11-12)15-8-4-6-13-5-2-3-7-14(13)16(15)17/h2-3,5,7,12,15-16H,4,6,8-11,17H2,1H3. The Hall–Kier alpha value is -0.860. The second-order valence-corrected chi connectivity index (χ2v) is 6.07. The summed E-state index contributed by atoms with van der Waals surface area (Å²) in [7, 11) is 0. The second kappa shape index (κ2) is 5.02. The molecule has 98 valence electrons. The van der Waals surface area contributed by atoms with Gasteiger partial charge in [-0.1, -0.05) is 31.2 Å². The highest BCUT2D eigenvalue weighted by Gasteiger charge is 2.32. The van der Waals surface area contributed by atoms with Crippen LogP contribution in [-0.4, -0.2) is 24.0 Å². The molecule has 2 N–H and O–H groups in total. The van der Waals surface area contributed by atoms with Gasteiger partial charge in [-0.3, -0.25) is 4.90 Å². The number of benzene rings is 1. The van der Waals surface area contributed by atoms with Gasteiger partial charge in [0.25, 0.3) is 0 Å². The summed E-state index contributed by atoms with van der Waals surface area (Å²) < 4.78 is 0. The molecule has 0 radical (unpaired) electrons. The molecule has 2 aliphatic rings. The van der Waals surface area contributed by atoms with Gasteiger partial charge < -0.3 is 5.73 Å². The number of hydrogen-bond acceptors (Lipinski definition) is 2. The maximum absolute atomic E-state index is 6.57. The van der Waals surface area contributed by atoms with Crippen molar-refractivity contribution in [2.45, 2.75) is 44.7 Å². The molecule has 2 nitrogen and oxygen atoms in total. The first-order valence-corrected chi connectivity index (χ1v) is 7.33. The molecule has 0 amide bonds. The zero-order valence-corrected chi connectivity index (χ0v) is 11.3. The Balaban J connectivity index is 1.85. The van der Waals surface area contributed by atoms with E-state index in [4.69, 9.17) is 5.73 Å². The lowest BCUT2D eigenvalue weighted by atomic mass is 9.96. The minimum absolute atomic E-state index is 0.203. The van der Waals surface area contributed by atoms with Crippen molar-refractivity contribution >= 4 is 0 Å². The van der Waals surface area contributed by atoms with Crippen molar-refractivity contribution in [1.29, 1.82) is 0 Å². The summed E-state index contributed by atoms with van der Waals surface area (Å²) in [6.45, 7) is 4.83. The number of fused-ring (bicyclic) bond motifs is 1. The third kappa shape index (κ3) is 2.19. The molecule has 0 aromatic heterocycles. The molecule has 2 heteroatoms. The lowest BCUT2D eigenvalue weighted by Crippen LogP contribution is -2.41. The molecule has 0 saturated carbocycles. The van der Waals surface area contributed by atoms with Crippen LogP contribution in [0, 0.1) is 5.92 Å². The molecule has 3 atom stereocenters. The van der Waals surface area contributed by atoms with Crippen molar-refractivity contribution in [2.75, 3.05) is 13.1 Å². The molecule has 1 aliphatic carbocycles. The first kappa shape index (κ1) is 12.2. The molecular formula is C16H24N2. The van der Waals surface area contributed by atoms with E-state index in [1.807, 2.05) is 0 Å². The number of nitrogens with two attached hydrogens (primary N) is 1. The molecule has 1 aromatic rings. The maximum Gasteiger partial charge on any atom is 0.0455 e. The van der Waals surface area contributed by atoms with E-state index in [0.717, 1.165) is 5.92 Å². The molecule has 3 rings (SSSR count). The van der Waals surface area contributed by atoms with E-state index >= 15 is 0 Å². The van der Waals surface area contributed by atoms with Gasteiger partial charge in [0.1, 0.15) is 0 Å². The smallest absolute Gasteiger partial charge is 0.0455 e. The van der Waals surface area contributed by atoms with Crippen LogP contribution in [0.2, 0.25) is 0 Å². The first-order valence-electron chi connectivity index (χ1n) is 7.33. The van der Waals surface area contributed by atoms with Crippen molar-refractivity contribution < 1.29 is 0 Å². The van der Waals surface area contributed by atoms with Crippen LogP contribution in [0.15, 0.2) is 24.3 Å². The summed E-state index contributed by atoms with van der Waals surface area (Å²) in [5, 5.41) is 0. The van der Waals surface area contributed by atoms with Crippen LogP contribution in [-0.2, 0) is 6.42 Å². The van der Waals surface area contributed by atoms with Crippen molar-refractivity contribution in [3.05, 3.63) is 35.4 Å². The van der Waals surface area contributed by atoms with Crippen LogP contribution < -0.4 is 5.73 Å². The fourth-order valence-electron chi connectivity index (χ4n) is 3.66. The van der Waals surface area contributed by atoms with Gasteiger partial charge in [0.15, 0.2) is 0 Å². The van der Waals surface area contributed by atoms with E-state index in [9.17, 15) is 0 Å². The van der Waals surface area contributed by atoms with Gasteiger partial charge in [-0.05, 0) is 49.3 Å². The van der Waals surface area contributed by atoms with Crippen molar-refractivity contribution in [3.63, 3.8) is 0 Å². The van der Waals surface area contributed by atoms with E-state index < -0.39 is 0 Å². The molecule has 0 bridgehead atoms. The van der Waals surface area contributed by atoms with Gasteiger partial charge >= 0.3 is 0 Å². The van der Waals surface area contributed by atoms with Crippen LogP contribution >= 0.6 is 0 Å². The van der Waals surface area contributed by atoms with Crippen LogP contribution in [0.3, 0.4) is 0 Å². The predicted octanol–water partition coefficient (Wildman–Crippen LogP) is 2.73. The lowest BCUT2D eigenvalue weighted by Gasteiger charge is -2.32. The van der Waals surface area contributed by atoms with E-state index in [1.54, 1.807) is 0 Å². The van der Waals surface area contributed by atoms with E-state index in [0.29, 0.717) is 6.04 Å². The highest BCUT2D eigenvalue weighted by atomic mass is 15.2. The molecule has 1 aromatic carbocycles. The largest absolute Gasteiger partial charge is 0.323 e. The predicted molar refractivity (Wildman–Crippen MR) is 75.5 cm³/mol. The van der Waals surface area contributed by atoms with E-state index in [1.165, 1.54) is 49.9 Å². The van der Waals surface area contributed by atoms with Gasteiger partial charge in [-0.2, -0.15) is 0 Å². The summed E-state index contributed by atoms with van der Waals surface area (Å²) in [6, 6.07) is 9.52. The Morgan fingerprint density at radius 2 is 2.06 bits per heavy atom. The third-order valence-corrected chi connectivity index (χ3v) is 4.70. The van der Waals surface area contributed by atoms with Crippen molar-refractivity contribution in [3.8, 4) is 0 Å². The monoisotopic (exact) mass is 244 g/mol. The quantitative estimate of drug-likeness (QED) is 0.770. The summed E-state index contributed by atoms with van der Waals surface area (Å²) in [5.74, 6) is 0.843. The van der Waals surface area contributed by atoms with Gasteiger partial charge in [0, 0.05) is 18.6 Å². The first-order chi connectivity index (χ1) is 8.75. The SMILES string of the molecule is CC1CCN(C2CCCc3ccccc3C2N)C1. The molecule has 1 aliphatic heterocycles. The van der Waals surface area contributed by atoms with Crippen LogP contribution in [0.5, 0.6) is 0 Å². The second-order valence-electron chi connectivity index (χ2n) is 6.07. The third-order valence-electron chi connectivity index (χ3n) is 4.70. The fraction of sp³-hybridized carbons (Fsp3) is 0.625. The average molecular weight is 244 g/mol. The Morgan fingerprint density at radius 1 is 1.22 bits per heavy atom. The molecule has 0 spiro atoms. The molecule has 18 heavy (non-hydrogen) atoms. The number of hydrogen-bond donors (Lipinski definition) is 1. The van der Waals surface area contributed by atoms with Crippen LogP contribution in [0.4, 0.5) is 0 Å². The van der Waals surface area contributed by atoms with E-state index in [2.05, 4.69) is 36.1 Å². The van der Waals surface area contributed by atoms with Crippen LogP contribution in [0.1, 0.15) is 43.4 Å². The average Bonchev–Trinajstić information content (AvgIpc) is 2.73. The number of rotatable bonds is 1. The van der Waals surface area contributed by atoms with E-state index in [-0.39, 0.29) is 6.04 Å². The molecule has 1 fully saturated rings.